The maximum absolute atomic E-state index is 5.73. The number of benzene rings is 1. The fraction of sp³-hybridized carbons (Fsp3) is 0.500. The van der Waals surface area contributed by atoms with Crippen LogP contribution in [0.5, 0.6) is 0 Å². The first-order valence-corrected chi connectivity index (χ1v) is 5.84. The van der Waals surface area contributed by atoms with E-state index >= 15 is 0 Å². The van der Waals surface area contributed by atoms with Gasteiger partial charge in [0.25, 0.3) is 0 Å². The summed E-state index contributed by atoms with van der Waals surface area (Å²) >= 11 is 5.73. The van der Waals surface area contributed by atoms with Crippen molar-refractivity contribution in [1.82, 2.24) is 0 Å². The molecular formula is C12H16ClNO. The molecular weight excluding hydrogens is 210 g/mol. The summed E-state index contributed by atoms with van der Waals surface area (Å²) in [4.78, 5) is 0. The maximum atomic E-state index is 5.73. The zero-order valence-electron chi connectivity index (χ0n) is 8.92. The Morgan fingerprint density at radius 1 is 1.53 bits per heavy atom. The SMILES string of the molecule is COC1CCc2cc(CCCl)ccc2N1. The second-order valence-electron chi connectivity index (χ2n) is 3.84. The molecule has 2 nitrogen and oxygen atoms in total. The molecule has 2 rings (SSSR count). The summed E-state index contributed by atoms with van der Waals surface area (Å²) in [5, 5.41) is 3.36. The summed E-state index contributed by atoms with van der Waals surface area (Å²) in [7, 11) is 1.74. The number of hydrogen-bond acceptors (Lipinski definition) is 2. The van der Waals surface area contributed by atoms with E-state index in [9.17, 15) is 0 Å². The van der Waals surface area contributed by atoms with Crippen LogP contribution in [0.15, 0.2) is 18.2 Å². The standard InChI is InChI=1S/C12H16ClNO/c1-15-12-5-3-10-8-9(6-7-13)2-4-11(10)14-12/h2,4,8,12,14H,3,5-7H2,1H3. The van der Waals surface area contributed by atoms with Crippen LogP contribution in [0.1, 0.15) is 17.5 Å². The van der Waals surface area contributed by atoms with E-state index in [1.165, 1.54) is 16.8 Å². The quantitative estimate of drug-likeness (QED) is 0.799. The normalized spacial score (nSPS) is 19.5. The van der Waals surface area contributed by atoms with Gasteiger partial charge in [-0.3, -0.25) is 0 Å². The van der Waals surface area contributed by atoms with Crippen LogP contribution in [0.25, 0.3) is 0 Å². The van der Waals surface area contributed by atoms with Gasteiger partial charge < -0.3 is 10.1 Å². The van der Waals surface area contributed by atoms with Gasteiger partial charge in [0, 0.05) is 18.7 Å². The molecule has 0 saturated carbocycles. The number of aryl methyl sites for hydroxylation is 2. The highest BCUT2D eigenvalue weighted by Gasteiger charge is 2.16. The second-order valence-corrected chi connectivity index (χ2v) is 4.22. The van der Waals surface area contributed by atoms with Crippen molar-refractivity contribution in [3.8, 4) is 0 Å². The molecule has 0 amide bonds. The summed E-state index contributed by atoms with van der Waals surface area (Å²) in [6, 6.07) is 6.51. The minimum Gasteiger partial charge on any atom is -0.362 e. The third-order valence-electron chi connectivity index (χ3n) is 2.83. The third kappa shape index (κ3) is 2.44. The van der Waals surface area contributed by atoms with Crippen LogP contribution in [0.4, 0.5) is 5.69 Å². The Balaban J connectivity index is 2.17. The molecule has 1 unspecified atom stereocenters. The molecule has 1 aromatic rings. The van der Waals surface area contributed by atoms with E-state index in [1.54, 1.807) is 7.11 Å². The Morgan fingerprint density at radius 2 is 2.40 bits per heavy atom. The highest BCUT2D eigenvalue weighted by Crippen LogP contribution is 2.26. The molecule has 3 heteroatoms. The van der Waals surface area contributed by atoms with Crippen molar-refractivity contribution in [2.45, 2.75) is 25.5 Å². The van der Waals surface area contributed by atoms with E-state index in [1.807, 2.05) is 0 Å². The van der Waals surface area contributed by atoms with Gasteiger partial charge in [0.2, 0.25) is 0 Å². The molecule has 0 spiro atoms. The van der Waals surface area contributed by atoms with Crippen LogP contribution >= 0.6 is 11.6 Å². The molecule has 0 fully saturated rings. The molecule has 0 aromatic heterocycles. The van der Waals surface area contributed by atoms with Gasteiger partial charge in [0.15, 0.2) is 0 Å². The fourth-order valence-electron chi connectivity index (χ4n) is 1.97. The first-order chi connectivity index (χ1) is 7.33. The van der Waals surface area contributed by atoms with E-state index in [-0.39, 0.29) is 6.23 Å². The minimum atomic E-state index is 0.163. The topological polar surface area (TPSA) is 21.3 Å². The molecule has 1 heterocycles. The van der Waals surface area contributed by atoms with Gasteiger partial charge in [-0.15, -0.1) is 11.6 Å². The zero-order chi connectivity index (χ0) is 10.7. The average Bonchev–Trinajstić information content (AvgIpc) is 2.29. The lowest BCUT2D eigenvalue weighted by Gasteiger charge is -2.26. The first-order valence-electron chi connectivity index (χ1n) is 5.30. The van der Waals surface area contributed by atoms with Crippen molar-refractivity contribution in [3.63, 3.8) is 0 Å². The van der Waals surface area contributed by atoms with Gasteiger partial charge in [-0.1, -0.05) is 12.1 Å². The van der Waals surface area contributed by atoms with Gasteiger partial charge >= 0.3 is 0 Å². The Labute approximate surface area is 95.6 Å². The number of fused-ring (bicyclic) bond motifs is 1. The Kier molecular flexibility index (Phi) is 3.49. The predicted molar refractivity (Wildman–Crippen MR) is 63.6 cm³/mol. The third-order valence-corrected chi connectivity index (χ3v) is 3.02. The first kappa shape index (κ1) is 10.8. The molecule has 82 valence electrons. The van der Waals surface area contributed by atoms with Crippen molar-refractivity contribution in [3.05, 3.63) is 29.3 Å². The largest absolute Gasteiger partial charge is 0.362 e. The predicted octanol–water partition coefficient (Wildman–Crippen LogP) is 2.80. The van der Waals surface area contributed by atoms with Gasteiger partial charge in [0.1, 0.15) is 6.23 Å². The number of methoxy groups -OCH3 is 1. The number of halogens is 1. The van der Waals surface area contributed by atoms with Crippen LogP contribution in [-0.4, -0.2) is 19.2 Å². The van der Waals surface area contributed by atoms with Gasteiger partial charge in [-0.2, -0.15) is 0 Å². The molecule has 0 aliphatic carbocycles. The molecule has 1 aromatic carbocycles. The van der Waals surface area contributed by atoms with Gasteiger partial charge in [-0.25, -0.2) is 0 Å². The molecule has 0 saturated heterocycles. The van der Waals surface area contributed by atoms with E-state index < -0.39 is 0 Å². The summed E-state index contributed by atoms with van der Waals surface area (Å²) < 4.78 is 5.29. The lowest BCUT2D eigenvalue weighted by atomic mass is 9.99. The summed E-state index contributed by atoms with van der Waals surface area (Å²) in [6.07, 6.45) is 3.23. The number of alkyl halides is 1. The smallest absolute Gasteiger partial charge is 0.127 e. The number of nitrogens with one attached hydrogen (secondary N) is 1. The average molecular weight is 226 g/mol. The van der Waals surface area contributed by atoms with Crippen molar-refractivity contribution in [1.29, 1.82) is 0 Å². The van der Waals surface area contributed by atoms with Crippen molar-refractivity contribution in [2.75, 3.05) is 18.3 Å². The van der Waals surface area contributed by atoms with Crippen LogP contribution in [0.2, 0.25) is 0 Å². The van der Waals surface area contributed by atoms with Crippen molar-refractivity contribution in [2.24, 2.45) is 0 Å². The summed E-state index contributed by atoms with van der Waals surface area (Å²) in [5.41, 5.74) is 3.90. The molecule has 1 atom stereocenters. The highest BCUT2D eigenvalue weighted by atomic mass is 35.5. The van der Waals surface area contributed by atoms with Gasteiger partial charge in [0.05, 0.1) is 0 Å². The summed E-state index contributed by atoms with van der Waals surface area (Å²) in [5.74, 6) is 0.687. The molecule has 1 aliphatic heterocycles. The van der Waals surface area contributed by atoms with Crippen LogP contribution in [0.3, 0.4) is 0 Å². The van der Waals surface area contributed by atoms with Gasteiger partial charge in [-0.05, 0) is 36.5 Å². The van der Waals surface area contributed by atoms with E-state index in [0.29, 0.717) is 5.88 Å². The maximum Gasteiger partial charge on any atom is 0.127 e. The van der Waals surface area contributed by atoms with Crippen LogP contribution in [0, 0.1) is 0 Å². The van der Waals surface area contributed by atoms with Crippen LogP contribution < -0.4 is 5.32 Å². The summed E-state index contributed by atoms with van der Waals surface area (Å²) in [6.45, 7) is 0. The van der Waals surface area contributed by atoms with Crippen molar-refractivity contribution >= 4 is 17.3 Å². The van der Waals surface area contributed by atoms with E-state index in [0.717, 1.165) is 19.3 Å². The molecule has 15 heavy (non-hydrogen) atoms. The number of anilines is 1. The molecule has 0 bridgehead atoms. The van der Waals surface area contributed by atoms with E-state index in [2.05, 4.69) is 23.5 Å². The van der Waals surface area contributed by atoms with Crippen molar-refractivity contribution < 1.29 is 4.74 Å². The Hall–Kier alpha value is -0.730. The lowest BCUT2D eigenvalue weighted by Crippen LogP contribution is -2.26. The Morgan fingerprint density at radius 3 is 3.13 bits per heavy atom. The minimum absolute atomic E-state index is 0.163. The molecule has 1 N–H and O–H groups in total. The highest BCUT2D eigenvalue weighted by molar-refractivity contribution is 6.17. The number of hydrogen-bond donors (Lipinski definition) is 1. The Bertz CT molecular complexity index is 340. The van der Waals surface area contributed by atoms with Crippen LogP contribution in [-0.2, 0) is 17.6 Å². The van der Waals surface area contributed by atoms with E-state index in [4.69, 9.17) is 16.3 Å². The fourth-order valence-corrected chi connectivity index (χ4v) is 2.19. The monoisotopic (exact) mass is 225 g/mol. The number of rotatable bonds is 3. The number of ether oxygens (including phenoxy) is 1. The second kappa shape index (κ2) is 4.86. The lowest BCUT2D eigenvalue weighted by molar-refractivity contribution is 0.115. The molecule has 1 aliphatic rings. The molecule has 0 radical (unpaired) electrons. The zero-order valence-corrected chi connectivity index (χ0v) is 9.68.